The Bertz CT molecular complexity index is 970. The maximum absolute atomic E-state index is 14.2. The lowest BCUT2D eigenvalue weighted by atomic mass is 9.51. The summed E-state index contributed by atoms with van der Waals surface area (Å²) in [7, 11) is 1.53. The van der Waals surface area contributed by atoms with Crippen molar-refractivity contribution in [1.82, 2.24) is 4.57 Å². The van der Waals surface area contributed by atoms with Gasteiger partial charge in [-0.2, -0.15) is 0 Å². The third-order valence-corrected chi connectivity index (χ3v) is 7.90. The number of rotatable bonds is 7. The van der Waals surface area contributed by atoms with Crippen LogP contribution < -0.4 is 0 Å². The molecule has 0 spiro atoms. The quantitative estimate of drug-likeness (QED) is 0.272. The lowest BCUT2D eigenvalue weighted by Crippen LogP contribution is -2.49. The first-order valence-corrected chi connectivity index (χ1v) is 12.0. The average Bonchev–Trinajstić information content (AvgIpc) is 2.96. The lowest BCUT2D eigenvalue weighted by molar-refractivity contribution is 0.0326. The number of aliphatic hydroxyl groups excluding tert-OH is 2. The predicted octanol–water partition coefficient (Wildman–Crippen LogP) is 4.63. The number of aliphatic hydroxyl groups is 2. The highest BCUT2D eigenvalue weighted by atomic mass is 16.3. The van der Waals surface area contributed by atoms with Crippen molar-refractivity contribution in [2.75, 3.05) is 0 Å². The molecular weight excluding hydrogens is 418 g/mol. The van der Waals surface area contributed by atoms with Crippen molar-refractivity contribution in [3.05, 3.63) is 47.2 Å². The summed E-state index contributed by atoms with van der Waals surface area (Å²) < 4.78 is 1.28. The van der Waals surface area contributed by atoms with Gasteiger partial charge < -0.3 is 25.0 Å². The van der Waals surface area contributed by atoms with Crippen LogP contribution in [0.2, 0.25) is 0 Å². The molecule has 6 heteroatoms. The molecule has 2 aliphatic rings. The predicted molar refractivity (Wildman–Crippen MR) is 129 cm³/mol. The van der Waals surface area contributed by atoms with Gasteiger partial charge in [0.15, 0.2) is 11.5 Å². The maximum Gasteiger partial charge on any atom is 0.206 e. The highest BCUT2D eigenvalue weighted by molar-refractivity contribution is 6.06. The molecule has 0 saturated heterocycles. The summed E-state index contributed by atoms with van der Waals surface area (Å²) in [5.74, 6) is -0.197. The zero-order valence-corrected chi connectivity index (χ0v) is 20.5. The van der Waals surface area contributed by atoms with E-state index in [1.165, 1.54) is 11.6 Å². The first-order chi connectivity index (χ1) is 15.5. The molecule has 1 saturated carbocycles. The Morgan fingerprint density at radius 1 is 1.30 bits per heavy atom. The minimum absolute atomic E-state index is 0.0811. The van der Waals surface area contributed by atoms with Gasteiger partial charge in [-0.15, -0.1) is 0 Å². The Morgan fingerprint density at radius 2 is 2.00 bits per heavy atom. The van der Waals surface area contributed by atoms with E-state index in [1.54, 1.807) is 6.92 Å². The van der Waals surface area contributed by atoms with E-state index < -0.39 is 18.1 Å². The Kier molecular flexibility index (Phi) is 7.59. The molecule has 6 atom stereocenters. The van der Waals surface area contributed by atoms with Crippen LogP contribution in [-0.4, -0.2) is 36.9 Å². The average molecular weight is 458 g/mol. The van der Waals surface area contributed by atoms with Crippen LogP contribution in [0.25, 0.3) is 0 Å². The number of fused-ring (bicyclic) bond motifs is 1. The number of ketones is 1. The minimum atomic E-state index is -0.860. The second-order valence-electron chi connectivity index (χ2n) is 10.3. The van der Waals surface area contributed by atoms with Crippen LogP contribution >= 0.6 is 0 Å². The van der Waals surface area contributed by atoms with Crippen molar-refractivity contribution < 1.29 is 25.2 Å². The molecular formula is C27H39NO5. The lowest BCUT2D eigenvalue weighted by Gasteiger charge is -2.51. The molecule has 1 aromatic rings. The van der Waals surface area contributed by atoms with Crippen molar-refractivity contribution in [2.45, 2.75) is 66.1 Å². The van der Waals surface area contributed by atoms with Gasteiger partial charge >= 0.3 is 0 Å². The molecule has 0 unspecified atom stereocenters. The fourth-order valence-electron chi connectivity index (χ4n) is 6.05. The third-order valence-electron chi connectivity index (χ3n) is 7.90. The molecule has 1 heterocycles. The summed E-state index contributed by atoms with van der Waals surface area (Å²) in [6.45, 7) is 7.54. The standard InChI is InChI=1S/C27H39NO5/c1-16-11-12-21-19(13-16)14-17(2)20(10-8-6-7-9-18(3)30)27(21,4)25(32)23-24(31)22(15-29)28(5)26(23)33/h6-8,10,14,16,18-21,29-31,33H,9,11-13,15H2,1-5H3/b7-6+,10-8+/t16-,18-,19+,20-,21+,27-/m1/s1. The number of aromatic nitrogens is 1. The fraction of sp³-hybridized carbons (Fsp3) is 0.593. The zero-order valence-electron chi connectivity index (χ0n) is 20.5. The number of carbonyl (C=O) groups is 1. The second-order valence-corrected chi connectivity index (χ2v) is 10.3. The van der Waals surface area contributed by atoms with Crippen LogP contribution in [0.5, 0.6) is 11.6 Å². The maximum atomic E-state index is 14.2. The van der Waals surface area contributed by atoms with Gasteiger partial charge in [0.25, 0.3) is 0 Å². The molecule has 0 radical (unpaired) electrons. The van der Waals surface area contributed by atoms with E-state index in [-0.39, 0.29) is 46.4 Å². The van der Waals surface area contributed by atoms with Crippen molar-refractivity contribution in [3.8, 4) is 11.6 Å². The number of Topliss-reactive ketones (excluding diaryl/α,β-unsaturated/α-hetero) is 1. The Labute approximate surface area is 197 Å². The first-order valence-electron chi connectivity index (χ1n) is 12.0. The van der Waals surface area contributed by atoms with Crippen molar-refractivity contribution in [2.24, 2.45) is 36.1 Å². The van der Waals surface area contributed by atoms with Crippen LogP contribution in [-0.2, 0) is 13.7 Å². The summed E-state index contributed by atoms with van der Waals surface area (Å²) in [5, 5.41) is 40.6. The zero-order chi connectivity index (χ0) is 24.5. The molecule has 3 rings (SSSR count). The van der Waals surface area contributed by atoms with Crippen molar-refractivity contribution in [1.29, 1.82) is 0 Å². The van der Waals surface area contributed by atoms with E-state index in [2.05, 4.69) is 19.9 Å². The smallest absolute Gasteiger partial charge is 0.206 e. The molecule has 1 fully saturated rings. The Hall–Kier alpha value is -2.31. The molecule has 4 N–H and O–H groups in total. The molecule has 33 heavy (non-hydrogen) atoms. The number of aromatic hydroxyl groups is 2. The van der Waals surface area contributed by atoms with Gasteiger partial charge in [-0.05, 0) is 50.9 Å². The van der Waals surface area contributed by atoms with Crippen LogP contribution in [0.1, 0.15) is 69.4 Å². The normalized spacial score (nSPS) is 31.1. The summed E-state index contributed by atoms with van der Waals surface area (Å²) in [6.07, 6.45) is 13.2. The number of carbonyl (C=O) groups excluding carboxylic acids is 1. The molecule has 182 valence electrons. The summed E-state index contributed by atoms with van der Waals surface area (Å²) in [4.78, 5) is 14.2. The fourth-order valence-corrected chi connectivity index (χ4v) is 6.05. The Balaban J connectivity index is 2.10. The van der Waals surface area contributed by atoms with Gasteiger partial charge in [0.2, 0.25) is 5.88 Å². The SMILES string of the molecule is CC1=C[C@@H]2C[C@H](C)CC[C@@H]2[C@](C)(C(=O)c2c(O)c(CO)n(C)c2O)[C@@H]1/C=C/C=C/C[C@@H](C)O. The number of hydrogen-bond donors (Lipinski definition) is 4. The van der Waals surface area contributed by atoms with Crippen LogP contribution in [0, 0.1) is 29.1 Å². The van der Waals surface area contributed by atoms with Crippen molar-refractivity contribution >= 4 is 5.78 Å². The molecule has 0 aromatic carbocycles. The highest BCUT2D eigenvalue weighted by Gasteiger charge is 2.54. The number of allylic oxidation sites excluding steroid dienone is 5. The van der Waals surface area contributed by atoms with Gasteiger partial charge in [-0.1, -0.05) is 56.2 Å². The van der Waals surface area contributed by atoms with Gasteiger partial charge in [-0.3, -0.25) is 4.79 Å². The molecule has 0 bridgehead atoms. The largest absolute Gasteiger partial charge is 0.505 e. The number of nitrogens with zero attached hydrogens (tertiary/aromatic N) is 1. The van der Waals surface area contributed by atoms with Gasteiger partial charge in [0, 0.05) is 18.4 Å². The highest BCUT2D eigenvalue weighted by Crippen LogP contribution is 2.57. The van der Waals surface area contributed by atoms with E-state index in [0.717, 1.165) is 24.8 Å². The van der Waals surface area contributed by atoms with Gasteiger partial charge in [0.05, 0.1) is 18.4 Å². The summed E-state index contributed by atoms with van der Waals surface area (Å²) >= 11 is 0. The van der Waals surface area contributed by atoms with Crippen molar-refractivity contribution in [3.63, 3.8) is 0 Å². The molecule has 0 aliphatic heterocycles. The molecule has 0 amide bonds. The summed E-state index contributed by atoms with van der Waals surface area (Å²) in [6, 6.07) is 0. The van der Waals surface area contributed by atoms with Crippen LogP contribution in [0.3, 0.4) is 0 Å². The van der Waals surface area contributed by atoms with E-state index in [1.807, 2.05) is 31.2 Å². The van der Waals surface area contributed by atoms with E-state index in [4.69, 9.17) is 0 Å². The topological polar surface area (TPSA) is 103 Å². The van der Waals surface area contributed by atoms with E-state index >= 15 is 0 Å². The van der Waals surface area contributed by atoms with E-state index in [9.17, 15) is 25.2 Å². The van der Waals surface area contributed by atoms with Crippen LogP contribution in [0.4, 0.5) is 0 Å². The third kappa shape index (κ3) is 4.56. The summed E-state index contributed by atoms with van der Waals surface area (Å²) in [5.41, 5.74) is 0.281. The first kappa shape index (κ1) is 25.3. The molecule has 1 aromatic heterocycles. The molecule has 2 aliphatic carbocycles. The van der Waals surface area contributed by atoms with E-state index in [0.29, 0.717) is 12.3 Å². The van der Waals surface area contributed by atoms with Crippen LogP contribution in [0.15, 0.2) is 36.0 Å². The number of hydrogen-bond acceptors (Lipinski definition) is 5. The second kappa shape index (κ2) is 9.90. The van der Waals surface area contributed by atoms with Gasteiger partial charge in [-0.25, -0.2) is 0 Å². The van der Waals surface area contributed by atoms with Gasteiger partial charge in [0.1, 0.15) is 5.56 Å². The Morgan fingerprint density at radius 3 is 2.61 bits per heavy atom. The minimum Gasteiger partial charge on any atom is -0.505 e. The monoisotopic (exact) mass is 457 g/mol. The molecule has 6 nitrogen and oxygen atoms in total.